The number of amides is 1. The second-order valence-electron chi connectivity index (χ2n) is 14.6. The van der Waals surface area contributed by atoms with E-state index in [1.54, 1.807) is 19.2 Å². The van der Waals surface area contributed by atoms with E-state index in [4.69, 9.17) is 25.0 Å². The largest absolute Gasteiger partial charge is 0.496 e. The van der Waals surface area contributed by atoms with Crippen LogP contribution in [-0.2, 0) is 16.0 Å². The molecule has 7 rings (SSSR count). The zero-order valence-corrected chi connectivity index (χ0v) is 34.0. The van der Waals surface area contributed by atoms with Gasteiger partial charge in [0.25, 0.3) is 0 Å². The summed E-state index contributed by atoms with van der Waals surface area (Å²) in [7, 11) is 1.70. The summed E-state index contributed by atoms with van der Waals surface area (Å²) in [5.74, 6) is 8.05. The van der Waals surface area contributed by atoms with Gasteiger partial charge >= 0.3 is 0 Å². The molecule has 0 saturated carbocycles. The molecule has 0 spiro atoms. The molecule has 0 bridgehead atoms. The summed E-state index contributed by atoms with van der Waals surface area (Å²) >= 11 is 0. The molecule has 298 valence electrons. The lowest BCUT2D eigenvalue weighted by molar-refractivity contribution is -0.121. The number of hydrogen-bond donors (Lipinski definition) is 3. The van der Waals surface area contributed by atoms with Crippen LogP contribution >= 0.6 is 0 Å². The third-order valence-electron chi connectivity index (χ3n) is 11.0. The van der Waals surface area contributed by atoms with E-state index >= 15 is 0 Å². The molecule has 1 atom stereocenters. The van der Waals surface area contributed by atoms with Crippen molar-refractivity contribution >= 4 is 33.9 Å². The van der Waals surface area contributed by atoms with Crippen molar-refractivity contribution in [1.29, 1.82) is 5.41 Å². The fraction of sp³-hybridized carbons (Fsp3) is 0.306. The van der Waals surface area contributed by atoms with E-state index in [1.165, 1.54) is 5.56 Å². The number of fused-ring (bicyclic) bond motifs is 4. The van der Waals surface area contributed by atoms with Gasteiger partial charge in [0.05, 0.1) is 29.9 Å². The molecular weight excluding hydrogens is 723 g/mol. The number of nitrogens with zero attached hydrogens (tertiary/aromatic N) is 2. The molecule has 0 saturated heterocycles. The molecule has 1 heterocycles. The van der Waals surface area contributed by atoms with E-state index < -0.39 is 0 Å². The van der Waals surface area contributed by atoms with Crippen molar-refractivity contribution in [2.75, 3.05) is 62.0 Å². The van der Waals surface area contributed by atoms with Crippen LogP contribution in [0.15, 0.2) is 101 Å². The Morgan fingerprint density at radius 3 is 2.40 bits per heavy atom. The van der Waals surface area contributed by atoms with Crippen molar-refractivity contribution in [3.63, 3.8) is 0 Å². The Bertz CT molecular complexity index is 2490. The Balaban J connectivity index is 1.03. The molecule has 9 heteroatoms. The summed E-state index contributed by atoms with van der Waals surface area (Å²) in [5, 5.41) is 12.7. The van der Waals surface area contributed by atoms with Gasteiger partial charge in [0.2, 0.25) is 5.91 Å². The molecule has 4 N–H and O–H groups in total. The highest BCUT2D eigenvalue weighted by molar-refractivity contribution is 6.05. The van der Waals surface area contributed by atoms with Crippen LogP contribution in [0.4, 0.5) is 17.1 Å². The summed E-state index contributed by atoms with van der Waals surface area (Å²) in [4.78, 5) is 17.8. The maximum atomic E-state index is 13.1. The highest BCUT2D eigenvalue weighted by atomic mass is 16.5. The fourth-order valence-electron chi connectivity index (χ4n) is 7.99. The van der Waals surface area contributed by atoms with Gasteiger partial charge in [-0.1, -0.05) is 48.2 Å². The highest BCUT2D eigenvalue weighted by Gasteiger charge is 2.25. The SMILES string of the molecule is CCN(CC)c1cc(-c2c3ccc(=N)cc-3oc3cc(N)ccc23)c(OC)cc1N(CC)CCCC(=O)NCCCOC1Cc2ccccc2C#Cc2ccccc21. The lowest BCUT2D eigenvalue weighted by Gasteiger charge is -2.32. The fourth-order valence-corrected chi connectivity index (χ4v) is 7.99. The summed E-state index contributed by atoms with van der Waals surface area (Å²) in [6.45, 7) is 10.7. The molecule has 1 unspecified atom stereocenters. The maximum Gasteiger partial charge on any atom is 0.220 e. The van der Waals surface area contributed by atoms with Crippen LogP contribution in [0.1, 0.15) is 68.4 Å². The average molecular weight is 776 g/mol. The number of carbonyl (C=O) groups excluding carboxylic acids is 1. The minimum atomic E-state index is -0.102. The molecule has 0 fully saturated rings. The second kappa shape index (κ2) is 18.4. The standard InChI is InChI=1S/C49H53N5O4/c1-5-53(6-2)42-31-41(49-39-23-21-36(50)29-46(39)58-47-30-37(51)22-24-40(47)49)44(56-4)32-43(42)54(7-3)26-12-18-48(55)52-25-13-27-57-45-28-35-16-9-8-14-33(35)19-20-34-15-10-11-17-38(34)45/h8-11,14-17,21-24,29-32,45,50H,5-7,12-13,18,25-28,51H2,1-4H3,(H,52,55). The van der Waals surface area contributed by atoms with E-state index in [0.717, 1.165) is 88.4 Å². The number of carbonyl (C=O) groups is 1. The van der Waals surface area contributed by atoms with Crippen LogP contribution in [0.3, 0.4) is 0 Å². The predicted molar refractivity (Wildman–Crippen MR) is 235 cm³/mol. The van der Waals surface area contributed by atoms with Crippen molar-refractivity contribution in [2.24, 2.45) is 0 Å². The Labute approximate surface area is 341 Å². The van der Waals surface area contributed by atoms with Crippen molar-refractivity contribution < 1.29 is 18.7 Å². The smallest absolute Gasteiger partial charge is 0.220 e. The van der Waals surface area contributed by atoms with Crippen LogP contribution in [0.5, 0.6) is 5.75 Å². The van der Waals surface area contributed by atoms with Crippen molar-refractivity contribution in [3.8, 4) is 40.0 Å². The van der Waals surface area contributed by atoms with Gasteiger partial charge in [-0.2, -0.15) is 0 Å². The number of nitrogen functional groups attached to an aromatic ring is 1. The van der Waals surface area contributed by atoms with Gasteiger partial charge in [0, 0.05) is 109 Å². The highest BCUT2D eigenvalue weighted by Crippen LogP contribution is 2.47. The Morgan fingerprint density at radius 1 is 0.862 bits per heavy atom. The molecule has 4 aromatic carbocycles. The number of hydrogen-bond acceptors (Lipinski definition) is 8. The monoisotopic (exact) mass is 775 g/mol. The first-order valence-electron chi connectivity index (χ1n) is 20.4. The third-order valence-corrected chi connectivity index (χ3v) is 11.0. The molecule has 3 aliphatic rings. The lowest BCUT2D eigenvalue weighted by atomic mass is 9.92. The molecule has 0 aromatic heterocycles. The van der Waals surface area contributed by atoms with Gasteiger partial charge in [0.1, 0.15) is 17.1 Å². The molecular formula is C49H53N5O4. The van der Waals surface area contributed by atoms with Gasteiger partial charge in [-0.25, -0.2) is 0 Å². The van der Waals surface area contributed by atoms with Gasteiger partial charge in [-0.3, -0.25) is 4.79 Å². The number of nitrogens with two attached hydrogens (primary N) is 1. The maximum absolute atomic E-state index is 13.1. The Kier molecular flexibility index (Phi) is 12.6. The first kappa shape index (κ1) is 40.0. The van der Waals surface area contributed by atoms with Crippen LogP contribution in [0.2, 0.25) is 0 Å². The van der Waals surface area contributed by atoms with E-state index in [-0.39, 0.29) is 12.0 Å². The summed E-state index contributed by atoms with van der Waals surface area (Å²) in [5.41, 5.74) is 16.7. The Hall–Kier alpha value is -6.24. The topological polar surface area (TPSA) is 117 Å². The number of methoxy groups -OCH3 is 1. The van der Waals surface area contributed by atoms with Crippen molar-refractivity contribution in [1.82, 2.24) is 5.32 Å². The van der Waals surface area contributed by atoms with Crippen molar-refractivity contribution in [3.05, 3.63) is 125 Å². The first-order chi connectivity index (χ1) is 28.3. The third kappa shape index (κ3) is 8.68. The normalized spacial score (nSPS) is 13.1. The van der Waals surface area contributed by atoms with Gasteiger partial charge in [-0.05, 0) is 87.2 Å². The van der Waals surface area contributed by atoms with Crippen LogP contribution < -0.4 is 30.9 Å². The summed E-state index contributed by atoms with van der Waals surface area (Å²) in [6, 6.07) is 32.0. The van der Waals surface area contributed by atoms with E-state index in [1.807, 2.05) is 42.5 Å². The van der Waals surface area contributed by atoms with Gasteiger partial charge in [0.15, 0.2) is 0 Å². The minimum absolute atomic E-state index is 0.0400. The Morgan fingerprint density at radius 2 is 1.60 bits per heavy atom. The molecule has 0 radical (unpaired) electrons. The zero-order valence-electron chi connectivity index (χ0n) is 34.0. The number of anilines is 3. The van der Waals surface area contributed by atoms with Crippen LogP contribution in [0, 0.1) is 17.3 Å². The number of rotatable bonds is 16. The molecule has 1 amide bonds. The summed E-state index contributed by atoms with van der Waals surface area (Å²) in [6.07, 6.45) is 2.49. The lowest BCUT2D eigenvalue weighted by Crippen LogP contribution is -2.30. The van der Waals surface area contributed by atoms with Crippen molar-refractivity contribution in [2.45, 2.75) is 52.6 Å². The molecule has 1 aliphatic heterocycles. The number of benzene rings is 5. The molecule has 2 aliphatic carbocycles. The number of nitrogens with one attached hydrogen (secondary N) is 2. The zero-order chi connectivity index (χ0) is 40.6. The quantitative estimate of drug-likeness (QED) is 0.0389. The predicted octanol–water partition coefficient (Wildman–Crippen LogP) is 8.95. The number of ether oxygens (including phenoxy) is 2. The minimum Gasteiger partial charge on any atom is -0.496 e. The molecule has 4 aromatic rings. The van der Waals surface area contributed by atoms with E-state index in [9.17, 15) is 4.79 Å². The first-order valence-corrected chi connectivity index (χ1v) is 20.4. The van der Waals surface area contributed by atoms with E-state index in [0.29, 0.717) is 54.9 Å². The van der Waals surface area contributed by atoms with Crippen LogP contribution in [0.25, 0.3) is 33.4 Å². The molecule has 9 nitrogen and oxygen atoms in total. The van der Waals surface area contributed by atoms with Crippen LogP contribution in [-0.4, -0.2) is 52.3 Å². The second-order valence-corrected chi connectivity index (χ2v) is 14.6. The molecule has 58 heavy (non-hydrogen) atoms. The van der Waals surface area contributed by atoms with Gasteiger partial charge in [-0.15, -0.1) is 0 Å². The summed E-state index contributed by atoms with van der Waals surface area (Å²) < 4.78 is 18.9. The van der Waals surface area contributed by atoms with E-state index in [2.05, 4.69) is 90.2 Å². The average Bonchev–Trinajstić information content (AvgIpc) is 3.23. The van der Waals surface area contributed by atoms with Gasteiger partial charge < -0.3 is 40.2 Å².